The third kappa shape index (κ3) is 82.1. The summed E-state index contributed by atoms with van der Waals surface area (Å²) in [6.07, 6.45) is 0. The second-order valence-corrected chi connectivity index (χ2v) is 1.34. The van der Waals surface area contributed by atoms with Gasteiger partial charge in [0.2, 0.25) is 0 Å². The molecule has 32 valence electrons. The van der Waals surface area contributed by atoms with E-state index in [1.807, 2.05) is 0 Å². The molecule has 0 N–H and O–H groups in total. The van der Waals surface area contributed by atoms with Crippen molar-refractivity contribution in [1.29, 1.82) is 0 Å². The molecule has 4 nitrogen and oxygen atoms in total. The summed E-state index contributed by atoms with van der Waals surface area (Å²) in [6.45, 7) is 0. The maximum Gasteiger partial charge on any atom is 3.00 e. The van der Waals surface area contributed by atoms with E-state index in [1.54, 1.807) is 0 Å². The Balaban J connectivity index is 0. The van der Waals surface area contributed by atoms with Gasteiger partial charge in [-0.25, -0.2) is 0 Å². The first-order chi connectivity index (χ1) is 2.00. The van der Waals surface area contributed by atoms with Crippen LogP contribution in [-0.4, -0.2) is 25.8 Å². The minimum absolute atomic E-state index is 0. The van der Waals surface area contributed by atoms with Crippen molar-refractivity contribution >= 4 is 33.7 Å². The number of phosphoric acid groups is 1. The molecule has 0 bridgehead atoms. The van der Waals surface area contributed by atoms with Crippen LogP contribution in [-0.2, 0) is 4.57 Å². The van der Waals surface area contributed by atoms with Crippen LogP contribution in [0.4, 0.5) is 0 Å². The van der Waals surface area contributed by atoms with Crippen molar-refractivity contribution in [3.8, 4) is 0 Å². The van der Waals surface area contributed by atoms with Crippen LogP contribution in [0, 0.1) is 0 Å². The molecule has 0 aromatic carbocycles. The molecule has 0 amide bonds. The largest absolute Gasteiger partial charge is 3.00 e. The maximum absolute atomic E-state index is 8.55. The molecule has 0 saturated carbocycles. The Morgan fingerprint density at radius 2 is 1.17 bits per heavy atom. The van der Waals surface area contributed by atoms with Gasteiger partial charge in [0.05, 0.1) is 0 Å². The van der Waals surface area contributed by atoms with Crippen molar-refractivity contribution in [2.24, 2.45) is 0 Å². The Kier molecular flexibility index (Phi) is 5.11. The van der Waals surface area contributed by atoms with E-state index in [0.29, 0.717) is 0 Å². The van der Waals surface area contributed by atoms with Gasteiger partial charge in [-0.15, -0.1) is 0 Å². The summed E-state index contributed by atoms with van der Waals surface area (Å²) >= 11 is 0. The van der Waals surface area contributed by atoms with Gasteiger partial charge in [0, 0.05) is 0 Å². The van der Waals surface area contributed by atoms with E-state index < -0.39 is 7.82 Å². The summed E-state index contributed by atoms with van der Waals surface area (Å²) in [5.41, 5.74) is 0. The average Bonchev–Trinajstić information content (AvgIpc) is 0.722. The van der Waals surface area contributed by atoms with Crippen LogP contribution < -0.4 is 14.7 Å². The Morgan fingerprint density at radius 3 is 1.17 bits per heavy atom. The van der Waals surface area contributed by atoms with Crippen molar-refractivity contribution in [3.63, 3.8) is 0 Å². The van der Waals surface area contributed by atoms with Crippen LogP contribution in [0.5, 0.6) is 0 Å². The van der Waals surface area contributed by atoms with Gasteiger partial charge in [-0.05, 0) is 0 Å². The molecular formula is InO4P. The van der Waals surface area contributed by atoms with Gasteiger partial charge in [0.25, 0.3) is 0 Å². The van der Waals surface area contributed by atoms with E-state index in [1.165, 1.54) is 0 Å². The van der Waals surface area contributed by atoms with Crippen LogP contribution in [0.25, 0.3) is 0 Å². The minimum atomic E-state index is -5.39. The first-order valence-electron chi connectivity index (χ1n) is 0.730. The number of rotatable bonds is 0. The molecule has 0 unspecified atom stereocenters. The topological polar surface area (TPSA) is 86.2 Å². The molecule has 6 heteroatoms. The second-order valence-electron chi connectivity index (χ2n) is 0.447. The van der Waals surface area contributed by atoms with Crippen molar-refractivity contribution in [3.05, 3.63) is 0 Å². The summed E-state index contributed by atoms with van der Waals surface area (Å²) < 4.78 is 8.55. The van der Waals surface area contributed by atoms with Gasteiger partial charge < -0.3 is 19.2 Å². The van der Waals surface area contributed by atoms with Gasteiger partial charge in [0.1, 0.15) is 0 Å². The van der Waals surface area contributed by atoms with Crippen molar-refractivity contribution in [2.45, 2.75) is 0 Å². The third-order valence-electron chi connectivity index (χ3n) is 0. The van der Waals surface area contributed by atoms with Crippen LogP contribution >= 0.6 is 7.82 Å². The first kappa shape index (κ1) is 10.1. The molecule has 0 aromatic heterocycles. The first-order valence-corrected chi connectivity index (χ1v) is 2.19. The molecule has 0 heterocycles. The van der Waals surface area contributed by atoms with Gasteiger partial charge in [-0.2, -0.15) is 7.82 Å². The molecule has 0 aliphatic heterocycles. The Morgan fingerprint density at radius 1 is 1.17 bits per heavy atom. The Labute approximate surface area is 53.2 Å². The zero-order chi connectivity index (χ0) is 4.50. The molecule has 0 aliphatic carbocycles. The van der Waals surface area contributed by atoms with Gasteiger partial charge in [0.15, 0.2) is 0 Å². The fourth-order valence-corrected chi connectivity index (χ4v) is 0. The van der Waals surface area contributed by atoms with E-state index in [2.05, 4.69) is 0 Å². The molecule has 0 radical (unpaired) electrons. The maximum atomic E-state index is 8.55. The Bertz CT molecular complexity index is 53.7. The molecule has 0 atom stereocenters. The number of hydrogen-bond donors (Lipinski definition) is 0. The molecule has 0 aromatic rings. The quantitative estimate of drug-likeness (QED) is 0.393. The van der Waals surface area contributed by atoms with Gasteiger partial charge in [-0.3, -0.25) is 0 Å². The van der Waals surface area contributed by atoms with Crippen LogP contribution in [0.3, 0.4) is 0 Å². The summed E-state index contributed by atoms with van der Waals surface area (Å²) in [5.74, 6) is 0. The smallest absolute Gasteiger partial charge is 0.822 e. The molecule has 0 saturated heterocycles. The van der Waals surface area contributed by atoms with E-state index in [-0.39, 0.29) is 25.8 Å². The van der Waals surface area contributed by atoms with E-state index in [4.69, 9.17) is 19.2 Å². The molecule has 0 aliphatic rings. The number of hydrogen-bond acceptors (Lipinski definition) is 4. The molecule has 0 rings (SSSR count). The molecule has 6 heavy (non-hydrogen) atoms. The predicted molar refractivity (Wildman–Crippen MR) is 13.4 cm³/mol. The van der Waals surface area contributed by atoms with E-state index in [9.17, 15) is 0 Å². The van der Waals surface area contributed by atoms with Crippen molar-refractivity contribution in [1.82, 2.24) is 0 Å². The molecule has 0 fully saturated rings. The summed E-state index contributed by atoms with van der Waals surface area (Å²) in [4.78, 5) is 25.6. The Hall–Kier alpha value is 0.980. The average molecular weight is 210 g/mol. The third-order valence-corrected chi connectivity index (χ3v) is 0. The van der Waals surface area contributed by atoms with E-state index >= 15 is 0 Å². The van der Waals surface area contributed by atoms with Gasteiger partial charge in [-0.1, -0.05) is 0 Å². The normalized spacial score (nSPS) is 9.83. The zero-order valence-electron chi connectivity index (χ0n) is 2.66. The minimum Gasteiger partial charge on any atom is -0.822 e. The standard InChI is InChI=1S/In.H3O4P/c;1-5(2,3)4/h;(H3,1,2,3,4)/q+3;/p-3. The van der Waals surface area contributed by atoms with Crippen LogP contribution in [0.2, 0.25) is 0 Å². The predicted octanol–water partition coefficient (Wildman–Crippen LogP) is -3.21. The zero-order valence-corrected chi connectivity index (χ0v) is 6.85. The summed E-state index contributed by atoms with van der Waals surface area (Å²) in [6, 6.07) is 0. The fourth-order valence-electron chi connectivity index (χ4n) is 0. The van der Waals surface area contributed by atoms with Crippen molar-refractivity contribution in [2.75, 3.05) is 0 Å². The molecular weight excluding hydrogens is 210 g/mol. The SMILES string of the molecule is O=P([O-])([O-])[O-].[In+3]. The monoisotopic (exact) mass is 210 g/mol. The van der Waals surface area contributed by atoms with Crippen LogP contribution in [0.1, 0.15) is 0 Å². The van der Waals surface area contributed by atoms with E-state index in [0.717, 1.165) is 0 Å². The van der Waals surface area contributed by atoms with Gasteiger partial charge >= 0.3 is 25.8 Å². The fraction of sp³-hybridized carbons (Fsp3) is 0. The molecule has 0 spiro atoms. The van der Waals surface area contributed by atoms with Crippen LogP contribution in [0.15, 0.2) is 0 Å². The second kappa shape index (κ2) is 3.04. The summed E-state index contributed by atoms with van der Waals surface area (Å²) in [5, 5.41) is 0. The van der Waals surface area contributed by atoms with Crippen molar-refractivity contribution < 1.29 is 19.2 Å². The summed E-state index contributed by atoms with van der Waals surface area (Å²) in [7, 11) is -5.39.